The minimum atomic E-state index is -3.84. The highest BCUT2D eigenvalue weighted by Crippen LogP contribution is 2.37. The van der Waals surface area contributed by atoms with E-state index in [1.54, 1.807) is 13.0 Å². The van der Waals surface area contributed by atoms with E-state index in [1.807, 2.05) is 0 Å². The zero-order chi connectivity index (χ0) is 18.6. The Labute approximate surface area is 156 Å². The molecule has 0 unspecified atom stereocenters. The van der Waals surface area contributed by atoms with Gasteiger partial charge in [-0.3, -0.25) is 4.79 Å². The minimum absolute atomic E-state index is 0.0135. The summed E-state index contributed by atoms with van der Waals surface area (Å²) in [6.07, 6.45) is 1.21. The lowest BCUT2D eigenvalue weighted by atomic mass is 10.0. The number of carbonyl (C=O) groups is 1. The highest BCUT2D eigenvalue weighted by Gasteiger charge is 2.36. The van der Waals surface area contributed by atoms with Crippen LogP contribution in [0.15, 0.2) is 21.5 Å². The number of methoxy groups -OCH3 is 2. The first kappa shape index (κ1) is 20.0. The lowest BCUT2D eigenvalue weighted by molar-refractivity contribution is -0.149. The van der Waals surface area contributed by atoms with E-state index in [-0.39, 0.29) is 29.8 Å². The van der Waals surface area contributed by atoms with Crippen molar-refractivity contribution >= 4 is 31.9 Å². The van der Waals surface area contributed by atoms with Gasteiger partial charge in [-0.25, -0.2) is 8.42 Å². The molecule has 0 saturated carbocycles. The lowest BCUT2D eigenvalue weighted by Crippen LogP contribution is -2.42. The fourth-order valence-corrected chi connectivity index (χ4v) is 4.95. The summed E-state index contributed by atoms with van der Waals surface area (Å²) in [5.74, 6) is -0.209. The van der Waals surface area contributed by atoms with Crippen LogP contribution < -0.4 is 9.47 Å². The second-order valence-corrected chi connectivity index (χ2v) is 8.35. The monoisotopic (exact) mass is 435 g/mol. The molecule has 9 heteroatoms. The third kappa shape index (κ3) is 4.27. The largest absolute Gasteiger partial charge is 0.496 e. The van der Waals surface area contributed by atoms with E-state index in [1.165, 1.54) is 24.6 Å². The fourth-order valence-electron chi connectivity index (χ4n) is 2.79. The molecule has 2 rings (SSSR count). The Morgan fingerprint density at radius 3 is 2.56 bits per heavy atom. The van der Waals surface area contributed by atoms with Gasteiger partial charge in [0, 0.05) is 19.2 Å². The third-order valence-corrected chi connectivity index (χ3v) is 6.57. The zero-order valence-corrected chi connectivity index (χ0v) is 16.9. The topological polar surface area (TPSA) is 82.1 Å². The van der Waals surface area contributed by atoms with Gasteiger partial charge in [0.25, 0.3) is 0 Å². The van der Waals surface area contributed by atoms with E-state index < -0.39 is 15.9 Å². The Morgan fingerprint density at radius 1 is 1.28 bits per heavy atom. The fraction of sp³-hybridized carbons (Fsp3) is 0.562. The maximum Gasteiger partial charge on any atom is 0.310 e. The number of sulfonamides is 1. The SMILES string of the molecule is CCOC(=O)[C@@H]1CCCN(S(=O)(=O)c2cc(OC)c(Br)cc2OC)C1. The van der Waals surface area contributed by atoms with Crippen molar-refractivity contribution in [2.24, 2.45) is 5.92 Å². The second-order valence-electron chi connectivity index (χ2n) is 5.59. The molecule has 7 nitrogen and oxygen atoms in total. The van der Waals surface area contributed by atoms with Crippen molar-refractivity contribution in [3.8, 4) is 11.5 Å². The molecule has 25 heavy (non-hydrogen) atoms. The summed E-state index contributed by atoms with van der Waals surface area (Å²) in [6, 6.07) is 2.98. The molecule has 1 atom stereocenters. The zero-order valence-electron chi connectivity index (χ0n) is 14.5. The first-order chi connectivity index (χ1) is 11.8. The van der Waals surface area contributed by atoms with Gasteiger partial charge in [0.2, 0.25) is 10.0 Å². The van der Waals surface area contributed by atoms with Gasteiger partial charge < -0.3 is 14.2 Å². The summed E-state index contributed by atoms with van der Waals surface area (Å²) in [5.41, 5.74) is 0. The van der Waals surface area contributed by atoms with Crippen molar-refractivity contribution in [3.05, 3.63) is 16.6 Å². The maximum absolute atomic E-state index is 13.1. The quantitative estimate of drug-likeness (QED) is 0.638. The summed E-state index contributed by atoms with van der Waals surface area (Å²) in [6.45, 7) is 2.45. The first-order valence-corrected chi connectivity index (χ1v) is 10.2. The van der Waals surface area contributed by atoms with Crippen molar-refractivity contribution in [3.63, 3.8) is 0 Å². The molecule has 1 saturated heterocycles. The van der Waals surface area contributed by atoms with Gasteiger partial charge in [0.15, 0.2) is 0 Å². The van der Waals surface area contributed by atoms with Gasteiger partial charge in [-0.1, -0.05) is 0 Å². The molecule has 0 bridgehead atoms. The van der Waals surface area contributed by atoms with E-state index >= 15 is 0 Å². The molecule has 1 aliphatic heterocycles. The van der Waals surface area contributed by atoms with Crippen LogP contribution in [0, 0.1) is 5.92 Å². The van der Waals surface area contributed by atoms with Crippen LogP contribution in [0.3, 0.4) is 0 Å². The summed E-state index contributed by atoms with van der Waals surface area (Å²) in [4.78, 5) is 12.0. The Kier molecular flexibility index (Phi) is 6.70. The number of rotatable bonds is 6. The van der Waals surface area contributed by atoms with Crippen LogP contribution in [0.5, 0.6) is 11.5 Å². The number of esters is 1. The molecule has 0 N–H and O–H groups in total. The van der Waals surface area contributed by atoms with Crippen LogP contribution >= 0.6 is 15.9 Å². The van der Waals surface area contributed by atoms with Crippen molar-refractivity contribution < 1.29 is 27.4 Å². The number of piperidine rings is 1. The number of halogens is 1. The Hall–Kier alpha value is -1.32. The predicted octanol–water partition coefficient (Wildman–Crippen LogP) is 2.43. The van der Waals surface area contributed by atoms with Gasteiger partial charge in [0.1, 0.15) is 16.4 Å². The van der Waals surface area contributed by atoms with Crippen LogP contribution in [0.2, 0.25) is 0 Å². The van der Waals surface area contributed by atoms with Crippen LogP contribution in [0.25, 0.3) is 0 Å². The van der Waals surface area contributed by atoms with Gasteiger partial charge in [-0.2, -0.15) is 4.31 Å². The Morgan fingerprint density at radius 2 is 1.96 bits per heavy atom. The summed E-state index contributed by atoms with van der Waals surface area (Å²) in [5, 5.41) is 0. The molecule has 140 valence electrons. The van der Waals surface area contributed by atoms with Gasteiger partial charge in [0.05, 0.1) is 31.2 Å². The summed E-state index contributed by atoms with van der Waals surface area (Å²) in [7, 11) is -0.969. The highest BCUT2D eigenvalue weighted by atomic mass is 79.9. The van der Waals surface area contributed by atoms with E-state index in [9.17, 15) is 13.2 Å². The smallest absolute Gasteiger partial charge is 0.310 e. The average Bonchev–Trinajstić information content (AvgIpc) is 2.61. The number of nitrogens with zero attached hydrogens (tertiary/aromatic N) is 1. The highest BCUT2D eigenvalue weighted by molar-refractivity contribution is 9.10. The molecule has 0 amide bonds. The molecule has 0 spiro atoms. The molecule has 0 radical (unpaired) electrons. The Bertz CT molecular complexity index is 736. The molecule has 1 fully saturated rings. The number of hydrogen-bond donors (Lipinski definition) is 0. The molecular weight excluding hydrogens is 414 g/mol. The number of ether oxygens (including phenoxy) is 3. The second kappa shape index (κ2) is 8.37. The van der Waals surface area contributed by atoms with E-state index in [4.69, 9.17) is 14.2 Å². The molecular formula is C16H22BrNO6S. The third-order valence-electron chi connectivity index (χ3n) is 4.06. The number of carbonyl (C=O) groups excluding carboxylic acids is 1. The van der Waals surface area contributed by atoms with E-state index in [0.717, 1.165) is 0 Å². The van der Waals surface area contributed by atoms with Crippen LogP contribution in [0.1, 0.15) is 19.8 Å². The maximum atomic E-state index is 13.1. The average molecular weight is 436 g/mol. The summed E-state index contributed by atoms with van der Waals surface area (Å²) < 4.78 is 43.6. The van der Waals surface area contributed by atoms with Crippen molar-refractivity contribution in [1.82, 2.24) is 4.31 Å². The molecule has 1 aliphatic rings. The first-order valence-electron chi connectivity index (χ1n) is 7.93. The standard InChI is InChI=1S/C16H22BrNO6S/c1-4-24-16(19)11-6-5-7-18(10-11)25(20,21)15-9-13(22-2)12(17)8-14(15)23-3/h8-9,11H,4-7,10H2,1-3H3/t11-/m1/s1. The predicted molar refractivity (Wildman–Crippen MR) is 95.4 cm³/mol. The number of hydrogen-bond acceptors (Lipinski definition) is 6. The van der Waals surface area contributed by atoms with E-state index in [0.29, 0.717) is 29.6 Å². The number of benzene rings is 1. The Balaban J connectivity index is 2.36. The van der Waals surface area contributed by atoms with E-state index in [2.05, 4.69) is 15.9 Å². The van der Waals surface area contributed by atoms with Crippen molar-refractivity contribution in [2.75, 3.05) is 33.9 Å². The van der Waals surface area contributed by atoms with Gasteiger partial charge >= 0.3 is 5.97 Å². The van der Waals surface area contributed by atoms with Crippen LogP contribution in [-0.4, -0.2) is 52.6 Å². The molecule has 1 aromatic rings. The van der Waals surface area contributed by atoms with Crippen LogP contribution in [-0.2, 0) is 19.6 Å². The normalized spacial score (nSPS) is 18.6. The van der Waals surface area contributed by atoms with Crippen LogP contribution in [0.4, 0.5) is 0 Å². The molecule has 0 aromatic heterocycles. The van der Waals surface area contributed by atoms with Gasteiger partial charge in [-0.15, -0.1) is 0 Å². The lowest BCUT2D eigenvalue weighted by Gasteiger charge is -2.31. The van der Waals surface area contributed by atoms with Crippen molar-refractivity contribution in [1.29, 1.82) is 0 Å². The molecule has 1 aromatic carbocycles. The van der Waals surface area contributed by atoms with Gasteiger partial charge in [-0.05, 0) is 41.8 Å². The summed E-state index contributed by atoms with van der Waals surface area (Å²) >= 11 is 3.32. The molecule has 1 heterocycles. The molecule has 0 aliphatic carbocycles. The minimum Gasteiger partial charge on any atom is -0.496 e. The van der Waals surface area contributed by atoms with Crippen molar-refractivity contribution in [2.45, 2.75) is 24.7 Å².